The molecule has 4 heteroatoms. The Balaban J connectivity index is 1.64. The van der Waals surface area contributed by atoms with Crippen molar-refractivity contribution in [2.24, 2.45) is 5.92 Å². The van der Waals surface area contributed by atoms with E-state index in [1.54, 1.807) is 12.1 Å². The van der Waals surface area contributed by atoms with Crippen LogP contribution in [0.15, 0.2) is 18.2 Å². The molecule has 0 heterocycles. The van der Waals surface area contributed by atoms with Gasteiger partial charge in [-0.05, 0) is 30.9 Å². The first-order valence-corrected chi connectivity index (χ1v) is 6.26. The van der Waals surface area contributed by atoms with Gasteiger partial charge in [-0.2, -0.15) is 5.26 Å². The van der Waals surface area contributed by atoms with Gasteiger partial charge in [0.15, 0.2) is 0 Å². The van der Waals surface area contributed by atoms with E-state index >= 15 is 0 Å². The molecule has 2 rings (SSSR count). The standard InChI is InChI=1S/C14H17FN2O/c15-14-7-12(8-16)3-4-13(14)9-17-5-6-18-10-11-1-2-11/h3-4,7,11,17H,1-2,5-6,9-10H2. The molecule has 0 amide bonds. The largest absolute Gasteiger partial charge is 0.380 e. The maximum absolute atomic E-state index is 13.5. The Morgan fingerprint density at radius 3 is 2.94 bits per heavy atom. The number of halogens is 1. The van der Waals surface area contributed by atoms with Gasteiger partial charge in [-0.3, -0.25) is 0 Å². The van der Waals surface area contributed by atoms with E-state index in [1.165, 1.54) is 18.9 Å². The van der Waals surface area contributed by atoms with Crippen molar-refractivity contribution in [2.45, 2.75) is 19.4 Å². The minimum absolute atomic E-state index is 0.333. The molecule has 1 aromatic rings. The van der Waals surface area contributed by atoms with Crippen molar-refractivity contribution in [3.8, 4) is 6.07 Å². The van der Waals surface area contributed by atoms with Gasteiger partial charge in [-0.25, -0.2) is 4.39 Å². The lowest BCUT2D eigenvalue weighted by atomic mass is 10.1. The molecule has 0 saturated heterocycles. The van der Waals surface area contributed by atoms with Crippen LogP contribution in [0.2, 0.25) is 0 Å². The zero-order chi connectivity index (χ0) is 12.8. The second kappa shape index (κ2) is 6.48. The van der Waals surface area contributed by atoms with E-state index in [1.807, 2.05) is 6.07 Å². The highest BCUT2D eigenvalue weighted by Gasteiger charge is 2.20. The molecular weight excluding hydrogens is 231 g/mol. The summed E-state index contributed by atoms with van der Waals surface area (Å²) < 4.78 is 19.0. The molecule has 1 aliphatic rings. The number of nitrogens with one attached hydrogen (secondary N) is 1. The summed E-state index contributed by atoms with van der Waals surface area (Å²) in [6, 6.07) is 6.45. The fraction of sp³-hybridized carbons (Fsp3) is 0.500. The summed E-state index contributed by atoms with van der Waals surface area (Å²) in [5, 5.41) is 11.8. The highest BCUT2D eigenvalue weighted by Crippen LogP contribution is 2.28. The van der Waals surface area contributed by atoms with E-state index in [0.717, 1.165) is 12.5 Å². The molecule has 0 spiro atoms. The second-order valence-corrected chi connectivity index (χ2v) is 4.61. The van der Waals surface area contributed by atoms with Crippen LogP contribution >= 0.6 is 0 Å². The Hall–Kier alpha value is -1.44. The minimum Gasteiger partial charge on any atom is -0.380 e. The van der Waals surface area contributed by atoms with Crippen molar-refractivity contribution < 1.29 is 9.13 Å². The zero-order valence-electron chi connectivity index (χ0n) is 10.3. The molecule has 0 unspecified atom stereocenters. The van der Waals surface area contributed by atoms with Crippen molar-refractivity contribution in [1.82, 2.24) is 5.32 Å². The molecule has 0 bridgehead atoms. The average molecular weight is 248 g/mol. The van der Waals surface area contributed by atoms with Gasteiger partial charge in [0.05, 0.1) is 18.2 Å². The molecule has 0 atom stereocenters. The first kappa shape index (κ1) is 13.0. The molecule has 18 heavy (non-hydrogen) atoms. The lowest BCUT2D eigenvalue weighted by Gasteiger charge is -2.07. The van der Waals surface area contributed by atoms with Gasteiger partial charge in [0, 0.05) is 25.3 Å². The molecular formula is C14H17FN2O. The first-order valence-electron chi connectivity index (χ1n) is 6.26. The number of ether oxygens (including phenoxy) is 1. The summed E-state index contributed by atoms with van der Waals surface area (Å²) in [6.45, 7) is 2.69. The van der Waals surface area contributed by atoms with Crippen molar-refractivity contribution in [2.75, 3.05) is 19.8 Å². The van der Waals surface area contributed by atoms with Crippen LogP contribution in [-0.2, 0) is 11.3 Å². The van der Waals surface area contributed by atoms with Gasteiger partial charge in [0.2, 0.25) is 0 Å². The van der Waals surface area contributed by atoms with Gasteiger partial charge in [0.25, 0.3) is 0 Å². The van der Waals surface area contributed by atoms with Crippen molar-refractivity contribution in [3.63, 3.8) is 0 Å². The topological polar surface area (TPSA) is 45.0 Å². The quantitative estimate of drug-likeness (QED) is 0.752. The lowest BCUT2D eigenvalue weighted by molar-refractivity contribution is 0.126. The van der Waals surface area contributed by atoms with Gasteiger partial charge in [0.1, 0.15) is 5.82 Å². The van der Waals surface area contributed by atoms with Crippen molar-refractivity contribution >= 4 is 0 Å². The van der Waals surface area contributed by atoms with Crippen molar-refractivity contribution in [3.05, 3.63) is 35.1 Å². The molecule has 1 fully saturated rings. The summed E-state index contributed by atoms with van der Waals surface area (Å²) in [6.07, 6.45) is 2.59. The number of nitriles is 1. The minimum atomic E-state index is -0.333. The van der Waals surface area contributed by atoms with Crippen LogP contribution in [0.25, 0.3) is 0 Å². The van der Waals surface area contributed by atoms with Gasteiger partial charge in [-0.1, -0.05) is 6.07 Å². The van der Waals surface area contributed by atoms with Gasteiger partial charge < -0.3 is 10.1 Å². The van der Waals surface area contributed by atoms with Crippen LogP contribution in [0.3, 0.4) is 0 Å². The fourth-order valence-electron chi connectivity index (χ4n) is 1.66. The summed E-state index contributed by atoms with van der Waals surface area (Å²) in [5.74, 6) is 0.446. The Morgan fingerprint density at radius 1 is 1.44 bits per heavy atom. The number of hydrogen-bond acceptors (Lipinski definition) is 3. The number of rotatable bonds is 7. The molecule has 0 radical (unpaired) electrons. The summed E-state index contributed by atoms with van der Waals surface area (Å²) in [4.78, 5) is 0. The molecule has 0 aliphatic heterocycles. The van der Waals surface area contributed by atoms with E-state index in [-0.39, 0.29) is 5.82 Å². The summed E-state index contributed by atoms with van der Waals surface area (Å²) >= 11 is 0. The number of hydrogen-bond donors (Lipinski definition) is 1. The smallest absolute Gasteiger partial charge is 0.129 e. The molecule has 96 valence electrons. The predicted molar refractivity (Wildman–Crippen MR) is 66.4 cm³/mol. The Morgan fingerprint density at radius 2 is 2.28 bits per heavy atom. The highest BCUT2D eigenvalue weighted by atomic mass is 19.1. The predicted octanol–water partition coefficient (Wildman–Crippen LogP) is 2.21. The monoisotopic (exact) mass is 248 g/mol. The van der Waals surface area contributed by atoms with Crippen LogP contribution in [0.1, 0.15) is 24.0 Å². The van der Waals surface area contributed by atoms with Crippen LogP contribution in [0, 0.1) is 23.1 Å². The zero-order valence-corrected chi connectivity index (χ0v) is 10.3. The van der Waals surface area contributed by atoms with E-state index in [9.17, 15) is 4.39 Å². The maximum atomic E-state index is 13.5. The molecule has 3 nitrogen and oxygen atoms in total. The molecule has 1 aromatic carbocycles. The Kier molecular flexibility index (Phi) is 4.68. The van der Waals surface area contributed by atoms with E-state index in [4.69, 9.17) is 10.00 Å². The van der Waals surface area contributed by atoms with Crippen LogP contribution < -0.4 is 5.32 Å². The molecule has 0 aromatic heterocycles. The lowest BCUT2D eigenvalue weighted by Crippen LogP contribution is -2.20. The average Bonchev–Trinajstić information content (AvgIpc) is 3.19. The molecule has 1 saturated carbocycles. The van der Waals surface area contributed by atoms with Crippen LogP contribution in [0.5, 0.6) is 0 Å². The van der Waals surface area contributed by atoms with Crippen LogP contribution in [-0.4, -0.2) is 19.8 Å². The third kappa shape index (κ3) is 4.10. The second-order valence-electron chi connectivity index (χ2n) is 4.61. The van der Waals surface area contributed by atoms with E-state index < -0.39 is 0 Å². The van der Waals surface area contributed by atoms with Gasteiger partial charge in [-0.15, -0.1) is 0 Å². The van der Waals surface area contributed by atoms with E-state index in [2.05, 4.69) is 5.32 Å². The maximum Gasteiger partial charge on any atom is 0.129 e. The normalized spacial score (nSPS) is 14.4. The van der Waals surface area contributed by atoms with Gasteiger partial charge >= 0.3 is 0 Å². The van der Waals surface area contributed by atoms with E-state index in [0.29, 0.717) is 30.8 Å². The van der Waals surface area contributed by atoms with Crippen molar-refractivity contribution in [1.29, 1.82) is 5.26 Å². The highest BCUT2D eigenvalue weighted by molar-refractivity contribution is 5.32. The number of nitrogens with zero attached hydrogens (tertiary/aromatic N) is 1. The summed E-state index contributed by atoms with van der Waals surface area (Å²) in [7, 11) is 0. The molecule has 1 aliphatic carbocycles. The summed E-state index contributed by atoms with van der Waals surface area (Å²) in [5.41, 5.74) is 0.931. The third-order valence-corrected chi connectivity index (χ3v) is 2.97. The number of benzene rings is 1. The molecule has 1 N–H and O–H groups in total. The Bertz CT molecular complexity index is 438. The third-order valence-electron chi connectivity index (χ3n) is 2.97. The van der Waals surface area contributed by atoms with Crippen LogP contribution in [0.4, 0.5) is 4.39 Å². The fourth-order valence-corrected chi connectivity index (χ4v) is 1.66. The first-order chi connectivity index (χ1) is 8.79. The SMILES string of the molecule is N#Cc1ccc(CNCCOCC2CC2)c(F)c1. The Labute approximate surface area is 107 Å².